The number of hydrogen-bond donors (Lipinski definition) is 3. The van der Waals surface area contributed by atoms with Gasteiger partial charge in [0.05, 0.1) is 26.4 Å². The molecule has 0 spiro atoms. The van der Waals surface area contributed by atoms with Gasteiger partial charge in [0.15, 0.2) is 12.2 Å². The van der Waals surface area contributed by atoms with Crippen LogP contribution in [0.2, 0.25) is 0 Å². The molecule has 0 amide bonds. The highest BCUT2D eigenvalue weighted by atomic mass is 31.2. The van der Waals surface area contributed by atoms with Gasteiger partial charge in [0.2, 0.25) is 0 Å². The first kappa shape index (κ1) is 95.1. The molecule has 19 heteroatoms. The number of hydrogen-bond acceptors (Lipinski definition) is 15. The number of aliphatic hydroxyl groups is 1. The second kappa shape index (κ2) is 69.8. The van der Waals surface area contributed by atoms with Crippen LogP contribution in [0.1, 0.15) is 408 Å². The number of ether oxygens (including phenoxy) is 4. The molecule has 0 aliphatic heterocycles. The minimum Gasteiger partial charge on any atom is -0.462 e. The van der Waals surface area contributed by atoms with Crippen molar-refractivity contribution in [1.82, 2.24) is 0 Å². The molecule has 0 aliphatic carbocycles. The highest BCUT2D eigenvalue weighted by Crippen LogP contribution is 2.45. The maximum absolute atomic E-state index is 13.1. The van der Waals surface area contributed by atoms with Crippen LogP contribution in [-0.2, 0) is 65.4 Å². The lowest BCUT2D eigenvalue weighted by atomic mass is 9.99. The van der Waals surface area contributed by atoms with Crippen LogP contribution < -0.4 is 0 Å². The lowest BCUT2D eigenvalue weighted by Gasteiger charge is -2.21. The third-order valence-electron chi connectivity index (χ3n) is 18.6. The third kappa shape index (κ3) is 70.9. The minimum absolute atomic E-state index is 0.107. The highest BCUT2D eigenvalue weighted by Gasteiger charge is 2.30. The Morgan fingerprint density at radius 3 is 0.784 bits per heavy atom. The Morgan fingerprint density at radius 1 is 0.299 bits per heavy atom. The summed E-state index contributed by atoms with van der Waals surface area (Å²) < 4.78 is 68.7. The van der Waals surface area contributed by atoms with Crippen LogP contribution in [0.5, 0.6) is 0 Å². The van der Waals surface area contributed by atoms with E-state index in [0.29, 0.717) is 25.7 Å². The zero-order valence-electron chi connectivity index (χ0n) is 63.4. The van der Waals surface area contributed by atoms with Gasteiger partial charge in [-0.15, -0.1) is 0 Å². The van der Waals surface area contributed by atoms with Gasteiger partial charge in [-0.25, -0.2) is 9.13 Å². The predicted octanol–water partition coefficient (Wildman–Crippen LogP) is 23.1. The molecule has 17 nitrogen and oxygen atoms in total. The molecule has 0 heterocycles. The number of phosphoric ester groups is 2. The average molecular weight is 1420 g/mol. The van der Waals surface area contributed by atoms with Crippen molar-refractivity contribution >= 4 is 39.5 Å². The summed E-state index contributed by atoms with van der Waals surface area (Å²) in [6.07, 6.45) is 58.0. The van der Waals surface area contributed by atoms with Gasteiger partial charge in [-0.2, -0.15) is 0 Å². The third-order valence-corrected chi connectivity index (χ3v) is 20.5. The normalized spacial score (nSPS) is 14.2. The summed E-state index contributed by atoms with van der Waals surface area (Å²) in [6.45, 7) is 9.66. The Hall–Kier alpha value is -1.94. The summed E-state index contributed by atoms with van der Waals surface area (Å²) in [6, 6.07) is 0. The fraction of sp³-hybridized carbons (Fsp3) is 0.949. The van der Waals surface area contributed by atoms with Crippen LogP contribution in [0.15, 0.2) is 0 Å². The maximum Gasteiger partial charge on any atom is 0.472 e. The van der Waals surface area contributed by atoms with Gasteiger partial charge >= 0.3 is 39.5 Å². The number of carbonyl (C=O) groups excluding carboxylic acids is 4. The summed E-state index contributed by atoms with van der Waals surface area (Å²) in [7, 11) is -9.92. The van der Waals surface area contributed by atoms with Crippen LogP contribution >= 0.6 is 15.6 Å². The molecule has 3 N–H and O–H groups in total. The fourth-order valence-electron chi connectivity index (χ4n) is 12.0. The Kier molecular flexibility index (Phi) is 68.4. The van der Waals surface area contributed by atoms with Gasteiger partial charge in [-0.05, 0) is 37.5 Å². The summed E-state index contributed by atoms with van der Waals surface area (Å²) in [5, 5.41) is 10.6. The molecule has 3 unspecified atom stereocenters. The predicted molar refractivity (Wildman–Crippen MR) is 395 cm³/mol. The van der Waals surface area contributed by atoms with Crippen molar-refractivity contribution in [2.45, 2.75) is 426 Å². The van der Waals surface area contributed by atoms with Crippen molar-refractivity contribution in [3.05, 3.63) is 0 Å². The van der Waals surface area contributed by atoms with E-state index in [1.165, 1.54) is 225 Å². The van der Waals surface area contributed by atoms with Gasteiger partial charge in [0.25, 0.3) is 0 Å². The van der Waals surface area contributed by atoms with E-state index in [1.807, 2.05) is 0 Å². The van der Waals surface area contributed by atoms with Crippen LogP contribution in [0, 0.1) is 11.8 Å². The smallest absolute Gasteiger partial charge is 0.462 e. The molecule has 0 saturated heterocycles. The molecule has 576 valence electrons. The number of phosphoric acid groups is 2. The molecule has 0 bridgehead atoms. The topological polar surface area (TPSA) is 237 Å². The number of unbranched alkanes of at least 4 members (excludes halogenated alkanes) is 46. The Balaban J connectivity index is 5.28. The van der Waals surface area contributed by atoms with E-state index in [0.717, 1.165) is 102 Å². The van der Waals surface area contributed by atoms with Gasteiger partial charge < -0.3 is 33.8 Å². The lowest BCUT2D eigenvalue weighted by Crippen LogP contribution is -2.30. The number of carbonyl (C=O) groups is 4. The summed E-state index contributed by atoms with van der Waals surface area (Å²) in [5.41, 5.74) is 0. The number of esters is 4. The van der Waals surface area contributed by atoms with Crippen molar-refractivity contribution in [3.63, 3.8) is 0 Å². The zero-order chi connectivity index (χ0) is 71.4. The molecule has 0 radical (unpaired) electrons. The van der Waals surface area contributed by atoms with Crippen molar-refractivity contribution in [3.8, 4) is 0 Å². The van der Waals surface area contributed by atoms with Gasteiger partial charge in [0.1, 0.15) is 19.3 Å². The number of aliphatic hydroxyl groups excluding tert-OH is 1. The van der Waals surface area contributed by atoms with Crippen molar-refractivity contribution < 1.29 is 80.2 Å². The molecular formula is C78H152O17P2. The first-order valence-electron chi connectivity index (χ1n) is 40.5. The lowest BCUT2D eigenvalue weighted by molar-refractivity contribution is -0.161. The Bertz CT molecular complexity index is 1870. The Labute approximate surface area is 594 Å². The van der Waals surface area contributed by atoms with Gasteiger partial charge in [-0.3, -0.25) is 37.3 Å². The molecule has 0 saturated carbocycles. The maximum atomic E-state index is 13.1. The van der Waals surface area contributed by atoms with E-state index in [4.69, 9.17) is 37.0 Å². The second-order valence-corrected chi connectivity index (χ2v) is 31.7. The molecule has 97 heavy (non-hydrogen) atoms. The number of rotatable bonds is 77. The Morgan fingerprint density at radius 2 is 0.526 bits per heavy atom. The van der Waals surface area contributed by atoms with E-state index in [-0.39, 0.29) is 25.7 Å². The van der Waals surface area contributed by atoms with E-state index in [9.17, 15) is 43.2 Å². The summed E-state index contributed by atoms with van der Waals surface area (Å²) in [5.74, 6) is -0.530. The second-order valence-electron chi connectivity index (χ2n) is 28.8. The van der Waals surface area contributed by atoms with Crippen LogP contribution in [0.4, 0.5) is 0 Å². The van der Waals surface area contributed by atoms with Crippen LogP contribution in [-0.4, -0.2) is 96.7 Å². The van der Waals surface area contributed by atoms with Crippen LogP contribution in [0.3, 0.4) is 0 Å². The van der Waals surface area contributed by atoms with Gasteiger partial charge in [0, 0.05) is 25.7 Å². The standard InChI is InChI=1S/C78H152O17P2/c1-7-10-12-14-16-18-20-22-23-25-30-37-43-49-55-61-76(81)89-66-73(94-77(82)62-56-50-44-38-31-27-26-28-34-40-46-52-58-70(4)5)68-92-96(84,85)90-64-72(79)65-91-97(86,87)93-69-74(67-88-75(80)60-54-48-42-36-29-24-21-19-17-15-13-11-8-2)95-78(83)63-57-51-45-39-33-32-35-41-47-53-59-71(6)9-3/h70-74,79H,7-69H2,1-6H3,(H,84,85)(H,86,87)/t71?,72-,73-,74-/m1/s1. The largest absolute Gasteiger partial charge is 0.472 e. The monoisotopic (exact) mass is 1420 g/mol. The molecule has 6 atom stereocenters. The molecule has 0 aromatic carbocycles. The van der Waals surface area contributed by atoms with Crippen molar-refractivity contribution in [1.29, 1.82) is 0 Å². The molecule has 0 aliphatic rings. The average Bonchev–Trinajstić information content (AvgIpc) is 1.40. The SMILES string of the molecule is CCCCCCCCCCCCCCCCCC(=O)OC[C@H](COP(=O)(O)OC[C@@H](O)COP(=O)(O)OC[C@@H](COC(=O)CCCCCCCCCCCCCCC)OC(=O)CCCCCCCCCCCCC(C)CC)OC(=O)CCCCCCCCCCCCCCC(C)C. The molecule has 0 fully saturated rings. The summed E-state index contributed by atoms with van der Waals surface area (Å²) >= 11 is 0. The molecular weight excluding hydrogens is 1270 g/mol. The summed E-state index contributed by atoms with van der Waals surface area (Å²) in [4.78, 5) is 73.0. The minimum atomic E-state index is -4.96. The molecule has 0 aromatic heterocycles. The van der Waals surface area contributed by atoms with E-state index in [1.54, 1.807) is 0 Å². The van der Waals surface area contributed by atoms with E-state index >= 15 is 0 Å². The van der Waals surface area contributed by atoms with Crippen LogP contribution in [0.25, 0.3) is 0 Å². The first-order chi connectivity index (χ1) is 46.9. The zero-order valence-corrected chi connectivity index (χ0v) is 65.2. The van der Waals surface area contributed by atoms with Gasteiger partial charge in [-0.1, -0.05) is 356 Å². The first-order valence-corrected chi connectivity index (χ1v) is 43.5. The highest BCUT2D eigenvalue weighted by molar-refractivity contribution is 7.47. The van der Waals surface area contributed by atoms with E-state index in [2.05, 4.69) is 41.5 Å². The molecule has 0 aromatic rings. The van der Waals surface area contributed by atoms with Crippen molar-refractivity contribution in [2.75, 3.05) is 39.6 Å². The van der Waals surface area contributed by atoms with E-state index < -0.39 is 97.5 Å². The molecule has 0 rings (SSSR count). The fourth-order valence-corrected chi connectivity index (χ4v) is 13.6. The van der Waals surface area contributed by atoms with Crippen molar-refractivity contribution in [2.24, 2.45) is 11.8 Å². The quantitative estimate of drug-likeness (QED) is 0.0222.